The molecule has 0 unspecified atom stereocenters. The molecule has 3 rings (SSSR count). The van der Waals surface area contributed by atoms with Gasteiger partial charge in [-0.15, -0.1) is 0 Å². The molecule has 0 atom stereocenters. The van der Waals surface area contributed by atoms with Gasteiger partial charge in [0.2, 0.25) is 5.88 Å². The molecule has 11 heteroatoms. The van der Waals surface area contributed by atoms with Crippen LogP contribution in [0.2, 0.25) is 5.02 Å². The zero-order chi connectivity index (χ0) is 23.3. The van der Waals surface area contributed by atoms with Crippen molar-refractivity contribution in [2.45, 2.75) is 19.0 Å². The number of carboxylic acid groups (broad SMARTS) is 1. The third-order valence-electron chi connectivity index (χ3n) is 4.26. The second kappa shape index (κ2) is 9.73. The number of hydrogen-bond acceptors (Lipinski definition) is 4. The molecular weight excluding hydrogens is 451 g/mol. The number of alkyl halides is 3. The van der Waals surface area contributed by atoms with E-state index in [1.807, 2.05) is 0 Å². The number of nitrogens with one attached hydrogen (secondary N) is 1. The number of benzene rings is 2. The van der Waals surface area contributed by atoms with Gasteiger partial charge in [0.25, 0.3) is 5.91 Å². The van der Waals surface area contributed by atoms with Gasteiger partial charge in [-0.05, 0) is 36.2 Å². The van der Waals surface area contributed by atoms with Crippen LogP contribution in [0.1, 0.15) is 17.7 Å². The smallest absolute Gasteiger partial charge is 0.435 e. The molecule has 0 aliphatic heterocycles. The van der Waals surface area contributed by atoms with Gasteiger partial charge in [0.05, 0.1) is 10.7 Å². The van der Waals surface area contributed by atoms with E-state index in [0.29, 0.717) is 18.2 Å². The number of ether oxygens (including phenoxy) is 1. The van der Waals surface area contributed by atoms with Gasteiger partial charge in [-0.3, -0.25) is 9.59 Å². The summed E-state index contributed by atoms with van der Waals surface area (Å²) in [6.07, 6.45) is -4.38. The van der Waals surface area contributed by atoms with Crippen LogP contribution < -0.4 is 10.1 Å². The fourth-order valence-electron chi connectivity index (χ4n) is 2.74. The van der Waals surface area contributed by atoms with Gasteiger partial charge in [0.1, 0.15) is 0 Å². The topological polar surface area (TPSA) is 93.5 Å². The Morgan fingerprint density at radius 3 is 2.44 bits per heavy atom. The Morgan fingerprint density at radius 1 is 1.12 bits per heavy atom. The van der Waals surface area contributed by atoms with E-state index < -0.39 is 30.4 Å². The van der Waals surface area contributed by atoms with E-state index in [0.717, 1.165) is 10.2 Å². The molecule has 1 aromatic heterocycles. The number of amides is 1. The number of aromatic nitrogens is 2. The Balaban J connectivity index is 1.69. The molecule has 2 aromatic carbocycles. The van der Waals surface area contributed by atoms with Crippen LogP contribution in [-0.4, -0.2) is 33.4 Å². The molecule has 0 spiro atoms. The van der Waals surface area contributed by atoms with E-state index in [-0.39, 0.29) is 23.0 Å². The van der Waals surface area contributed by atoms with Gasteiger partial charge in [-0.25, -0.2) is 0 Å². The average Bonchev–Trinajstić information content (AvgIpc) is 3.17. The van der Waals surface area contributed by atoms with Crippen LogP contribution in [0.15, 0.2) is 54.6 Å². The van der Waals surface area contributed by atoms with Crippen LogP contribution in [0.4, 0.5) is 18.9 Å². The maximum Gasteiger partial charge on any atom is 0.435 e. The fourth-order valence-corrected chi connectivity index (χ4v) is 2.96. The highest BCUT2D eigenvalue weighted by Gasteiger charge is 2.36. The summed E-state index contributed by atoms with van der Waals surface area (Å²) in [7, 11) is 0. The molecular formula is C21H17ClF3N3O4. The molecule has 0 fully saturated rings. The van der Waals surface area contributed by atoms with Gasteiger partial charge < -0.3 is 15.2 Å². The van der Waals surface area contributed by atoms with Crippen molar-refractivity contribution in [2.24, 2.45) is 0 Å². The van der Waals surface area contributed by atoms with Crippen molar-refractivity contribution in [1.82, 2.24) is 9.78 Å². The molecule has 0 saturated carbocycles. The van der Waals surface area contributed by atoms with E-state index >= 15 is 0 Å². The standard InChI is InChI=1S/C21H17ClF3N3O4/c22-15-3-1-2-4-16(15)28-19(11-17(27-28)21(23,24)25)32-12-18(29)26-14-8-5-13(6-9-14)7-10-20(30)31/h1-6,8-9,11H,7,10,12H2,(H,26,29)(H,30,31). The highest BCUT2D eigenvalue weighted by atomic mass is 35.5. The van der Waals surface area contributed by atoms with E-state index in [9.17, 15) is 22.8 Å². The molecule has 0 radical (unpaired) electrons. The van der Waals surface area contributed by atoms with E-state index in [1.165, 1.54) is 12.1 Å². The summed E-state index contributed by atoms with van der Waals surface area (Å²) in [4.78, 5) is 22.8. The molecule has 2 N–H and O–H groups in total. The minimum absolute atomic E-state index is 0.0153. The molecule has 0 aliphatic carbocycles. The summed E-state index contributed by atoms with van der Waals surface area (Å²) in [6.45, 7) is -0.575. The van der Waals surface area contributed by atoms with Crippen molar-refractivity contribution in [3.63, 3.8) is 0 Å². The number of carbonyl (C=O) groups excluding carboxylic acids is 1. The lowest BCUT2D eigenvalue weighted by Gasteiger charge is -2.11. The van der Waals surface area contributed by atoms with Crippen LogP contribution in [0.3, 0.4) is 0 Å². The largest absolute Gasteiger partial charge is 0.481 e. The Morgan fingerprint density at radius 2 is 1.81 bits per heavy atom. The zero-order valence-electron chi connectivity index (χ0n) is 16.4. The van der Waals surface area contributed by atoms with Crippen LogP contribution in [-0.2, 0) is 22.2 Å². The molecule has 0 bridgehead atoms. The first kappa shape index (κ1) is 23.1. The first-order valence-corrected chi connectivity index (χ1v) is 9.67. The molecule has 3 aromatic rings. The first-order chi connectivity index (χ1) is 15.1. The molecule has 168 valence electrons. The third-order valence-corrected chi connectivity index (χ3v) is 4.58. The number of carbonyl (C=O) groups is 2. The fraction of sp³-hybridized carbons (Fsp3) is 0.190. The Kier molecular flexibility index (Phi) is 7.04. The minimum atomic E-state index is -4.71. The lowest BCUT2D eigenvalue weighted by molar-refractivity contribution is -0.141. The van der Waals surface area contributed by atoms with Crippen molar-refractivity contribution in [2.75, 3.05) is 11.9 Å². The Bertz CT molecular complexity index is 1110. The number of anilines is 1. The summed E-state index contributed by atoms with van der Waals surface area (Å²) < 4.78 is 45.6. The maximum absolute atomic E-state index is 13.1. The highest BCUT2D eigenvalue weighted by molar-refractivity contribution is 6.32. The summed E-state index contributed by atoms with van der Waals surface area (Å²) >= 11 is 6.07. The minimum Gasteiger partial charge on any atom is -0.481 e. The van der Waals surface area contributed by atoms with E-state index in [4.69, 9.17) is 21.4 Å². The van der Waals surface area contributed by atoms with Gasteiger partial charge >= 0.3 is 12.1 Å². The highest BCUT2D eigenvalue weighted by Crippen LogP contribution is 2.33. The number of nitrogens with zero attached hydrogens (tertiary/aromatic N) is 2. The van der Waals surface area contributed by atoms with Gasteiger partial charge in [0.15, 0.2) is 12.3 Å². The predicted molar refractivity (Wildman–Crippen MR) is 110 cm³/mol. The lowest BCUT2D eigenvalue weighted by Crippen LogP contribution is -2.21. The van der Waals surface area contributed by atoms with Crippen LogP contribution in [0, 0.1) is 0 Å². The monoisotopic (exact) mass is 467 g/mol. The number of aryl methyl sites for hydroxylation is 1. The van der Waals surface area contributed by atoms with E-state index in [1.54, 1.807) is 36.4 Å². The Hall–Kier alpha value is -3.53. The Labute approximate surface area is 185 Å². The lowest BCUT2D eigenvalue weighted by atomic mass is 10.1. The average molecular weight is 468 g/mol. The van der Waals surface area contributed by atoms with Crippen molar-refractivity contribution in [1.29, 1.82) is 0 Å². The normalized spacial score (nSPS) is 11.2. The molecule has 0 saturated heterocycles. The van der Waals surface area contributed by atoms with Crippen molar-refractivity contribution >= 4 is 29.2 Å². The van der Waals surface area contributed by atoms with Crippen molar-refractivity contribution < 1.29 is 32.6 Å². The number of carboxylic acids is 1. The molecule has 0 aliphatic rings. The number of para-hydroxylation sites is 1. The molecule has 7 nitrogen and oxygen atoms in total. The van der Waals surface area contributed by atoms with Crippen molar-refractivity contribution in [3.05, 3.63) is 70.9 Å². The van der Waals surface area contributed by atoms with Crippen LogP contribution >= 0.6 is 11.6 Å². The molecule has 1 amide bonds. The SMILES string of the molecule is O=C(O)CCc1ccc(NC(=O)COc2cc(C(F)(F)F)nn2-c2ccccc2Cl)cc1. The van der Waals surface area contributed by atoms with Crippen molar-refractivity contribution in [3.8, 4) is 11.6 Å². The number of rotatable bonds is 8. The summed E-state index contributed by atoms with van der Waals surface area (Å²) in [6, 6.07) is 13.3. The zero-order valence-corrected chi connectivity index (χ0v) is 17.2. The number of hydrogen-bond donors (Lipinski definition) is 2. The van der Waals surface area contributed by atoms with Gasteiger partial charge in [-0.2, -0.15) is 23.0 Å². The van der Waals surface area contributed by atoms with E-state index in [2.05, 4.69) is 10.4 Å². The van der Waals surface area contributed by atoms with Gasteiger partial charge in [0, 0.05) is 18.2 Å². The quantitative estimate of drug-likeness (QED) is 0.506. The van der Waals surface area contributed by atoms with Gasteiger partial charge in [-0.1, -0.05) is 35.9 Å². The summed E-state index contributed by atoms with van der Waals surface area (Å²) in [5.41, 5.74) is 0.181. The molecule has 32 heavy (non-hydrogen) atoms. The first-order valence-electron chi connectivity index (χ1n) is 9.29. The third kappa shape index (κ3) is 6.01. The summed E-state index contributed by atoms with van der Waals surface area (Å²) in [5.74, 6) is -1.82. The predicted octanol–water partition coefficient (Wildman–Crippen LogP) is 4.58. The second-order valence-corrected chi connectivity index (χ2v) is 7.06. The second-order valence-electron chi connectivity index (χ2n) is 6.66. The number of halogens is 4. The maximum atomic E-state index is 13.1. The number of aliphatic carboxylic acids is 1. The molecule has 1 heterocycles. The van der Waals surface area contributed by atoms with Crippen LogP contribution in [0.25, 0.3) is 5.69 Å². The summed E-state index contributed by atoms with van der Waals surface area (Å²) in [5, 5.41) is 14.9. The van der Waals surface area contributed by atoms with Crippen LogP contribution in [0.5, 0.6) is 5.88 Å².